The SMILES string of the molecule is CCCN(Cc1ccccc1)C(CC)CNC(C)(C)C. The molecular formula is C18H32N2. The van der Waals surface area contributed by atoms with Crippen LogP contribution >= 0.6 is 0 Å². The number of benzene rings is 1. The second kappa shape index (κ2) is 8.43. The summed E-state index contributed by atoms with van der Waals surface area (Å²) in [5.74, 6) is 0. The van der Waals surface area contributed by atoms with E-state index in [1.165, 1.54) is 24.9 Å². The number of rotatable bonds is 8. The predicted molar refractivity (Wildman–Crippen MR) is 89.0 cm³/mol. The summed E-state index contributed by atoms with van der Waals surface area (Å²) >= 11 is 0. The average Bonchev–Trinajstić information content (AvgIpc) is 2.39. The summed E-state index contributed by atoms with van der Waals surface area (Å²) in [6.07, 6.45) is 2.40. The van der Waals surface area contributed by atoms with Crippen molar-refractivity contribution in [3.63, 3.8) is 0 Å². The van der Waals surface area contributed by atoms with Crippen molar-refractivity contribution in [3.05, 3.63) is 35.9 Å². The standard InChI is InChI=1S/C18H32N2/c1-6-13-20(15-16-11-9-8-10-12-16)17(7-2)14-19-18(3,4)5/h8-12,17,19H,6-7,13-15H2,1-5H3. The van der Waals surface area contributed by atoms with Crippen molar-refractivity contribution in [2.45, 2.75) is 65.6 Å². The van der Waals surface area contributed by atoms with Crippen LogP contribution in [0, 0.1) is 0 Å². The molecule has 0 amide bonds. The van der Waals surface area contributed by atoms with Crippen LogP contribution in [0.3, 0.4) is 0 Å². The van der Waals surface area contributed by atoms with Crippen LogP contribution in [0.15, 0.2) is 30.3 Å². The molecule has 0 aliphatic carbocycles. The van der Waals surface area contributed by atoms with Crippen LogP contribution in [-0.4, -0.2) is 29.6 Å². The molecule has 1 unspecified atom stereocenters. The maximum absolute atomic E-state index is 3.66. The maximum atomic E-state index is 3.66. The van der Waals surface area contributed by atoms with E-state index in [0.717, 1.165) is 13.1 Å². The van der Waals surface area contributed by atoms with Gasteiger partial charge in [-0.1, -0.05) is 44.2 Å². The molecule has 20 heavy (non-hydrogen) atoms. The van der Waals surface area contributed by atoms with Crippen LogP contribution < -0.4 is 5.32 Å². The minimum Gasteiger partial charge on any atom is -0.311 e. The normalized spacial score (nSPS) is 13.7. The quantitative estimate of drug-likeness (QED) is 0.770. The van der Waals surface area contributed by atoms with Gasteiger partial charge in [0.15, 0.2) is 0 Å². The van der Waals surface area contributed by atoms with E-state index in [2.05, 4.69) is 75.2 Å². The summed E-state index contributed by atoms with van der Waals surface area (Å²) in [6, 6.07) is 11.4. The number of nitrogens with zero attached hydrogens (tertiary/aromatic N) is 1. The second-order valence-corrected chi connectivity index (χ2v) is 6.65. The van der Waals surface area contributed by atoms with E-state index in [9.17, 15) is 0 Å². The Hall–Kier alpha value is -0.860. The van der Waals surface area contributed by atoms with E-state index in [-0.39, 0.29) is 5.54 Å². The van der Waals surface area contributed by atoms with Crippen LogP contribution in [0.2, 0.25) is 0 Å². The molecule has 1 aromatic carbocycles. The second-order valence-electron chi connectivity index (χ2n) is 6.65. The van der Waals surface area contributed by atoms with E-state index in [4.69, 9.17) is 0 Å². The molecule has 0 saturated heterocycles. The van der Waals surface area contributed by atoms with Gasteiger partial charge in [-0.25, -0.2) is 0 Å². The van der Waals surface area contributed by atoms with Gasteiger partial charge in [-0.05, 0) is 45.7 Å². The van der Waals surface area contributed by atoms with E-state index < -0.39 is 0 Å². The number of hydrogen-bond acceptors (Lipinski definition) is 2. The summed E-state index contributed by atoms with van der Waals surface area (Å²) in [6.45, 7) is 14.6. The minimum absolute atomic E-state index is 0.193. The highest BCUT2D eigenvalue weighted by atomic mass is 15.2. The molecule has 0 aliphatic heterocycles. The van der Waals surface area contributed by atoms with Crippen LogP contribution in [0.4, 0.5) is 0 Å². The van der Waals surface area contributed by atoms with Crippen LogP contribution in [-0.2, 0) is 6.54 Å². The topological polar surface area (TPSA) is 15.3 Å². The van der Waals surface area contributed by atoms with Gasteiger partial charge < -0.3 is 5.32 Å². The lowest BCUT2D eigenvalue weighted by atomic mass is 10.1. The van der Waals surface area contributed by atoms with Crippen molar-refractivity contribution < 1.29 is 0 Å². The zero-order valence-electron chi connectivity index (χ0n) is 13.9. The highest BCUT2D eigenvalue weighted by Gasteiger charge is 2.19. The molecule has 0 heterocycles. The molecule has 0 bridgehead atoms. The molecule has 1 aromatic rings. The Balaban J connectivity index is 2.66. The van der Waals surface area contributed by atoms with Crippen LogP contribution in [0.25, 0.3) is 0 Å². The Kier molecular flexibility index (Phi) is 7.25. The third kappa shape index (κ3) is 6.53. The predicted octanol–water partition coefficient (Wildman–Crippen LogP) is 4.07. The van der Waals surface area contributed by atoms with Gasteiger partial charge in [0, 0.05) is 24.7 Å². The molecule has 0 aromatic heterocycles. The van der Waals surface area contributed by atoms with Gasteiger partial charge in [-0.3, -0.25) is 4.90 Å². The van der Waals surface area contributed by atoms with Gasteiger partial charge in [0.25, 0.3) is 0 Å². The Labute approximate surface area is 125 Å². The maximum Gasteiger partial charge on any atom is 0.0237 e. The van der Waals surface area contributed by atoms with Crippen LogP contribution in [0.1, 0.15) is 53.0 Å². The van der Waals surface area contributed by atoms with Gasteiger partial charge in [-0.2, -0.15) is 0 Å². The first kappa shape index (κ1) is 17.2. The zero-order chi connectivity index (χ0) is 15.0. The fraction of sp³-hybridized carbons (Fsp3) is 0.667. The molecular weight excluding hydrogens is 244 g/mol. The van der Waals surface area contributed by atoms with E-state index >= 15 is 0 Å². The van der Waals surface area contributed by atoms with Gasteiger partial charge in [0.2, 0.25) is 0 Å². The molecule has 2 nitrogen and oxygen atoms in total. The molecule has 114 valence electrons. The fourth-order valence-electron chi connectivity index (χ4n) is 2.45. The minimum atomic E-state index is 0.193. The molecule has 0 aliphatic rings. The molecule has 1 rings (SSSR count). The third-order valence-corrected chi connectivity index (χ3v) is 3.59. The first-order chi connectivity index (χ1) is 9.46. The molecule has 0 saturated carbocycles. The Morgan fingerprint density at radius 2 is 1.75 bits per heavy atom. The summed E-state index contributed by atoms with van der Waals surface area (Å²) in [5.41, 5.74) is 1.60. The summed E-state index contributed by atoms with van der Waals surface area (Å²) in [5, 5.41) is 3.66. The Morgan fingerprint density at radius 3 is 2.25 bits per heavy atom. The lowest BCUT2D eigenvalue weighted by Gasteiger charge is -2.33. The van der Waals surface area contributed by atoms with E-state index in [1.54, 1.807) is 0 Å². The number of nitrogens with one attached hydrogen (secondary N) is 1. The highest BCUT2D eigenvalue weighted by molar-refractivity contribution is 5.14. The monoisotopic (exact) mass is 276 g/mol. The molecule has 1 atom stereocenters. The van der Waals surface area contributed by atoms with Crippen molar-refractivity contribution in [2.75, 3.05) is 13.1 Å². The average molecular weight is 276 g/mol. The van der Waals surface area contributed by atoms with Gasteiger partial charge in [0.05, 0.1) is 0 Å². The van der Waals surface area contributed by atoms with E-state index in [0.29, 0.717) is 6.04 Å². The van der Waals surface area contributed by atoms with Crippen molar-refractivity contribution in [1.82, 2.24) is 10.2 Å². The van der Waals surface area contributed by atoms with Crippen molar-refractivity contribution in [1.29, 1.82) is 0 Å². The Bertz CT molecular complexity index is 353. The summed E-state index contributed by atoms with van der Waals surface area (Å²) in [4.78, 5) is 2.62. The van der Waals surface area contributed by atoms with Crippen molar-refractivity contribution in [2.24, 2.45) is 0 Å². The van der Waals surface area contributed by atoms with Gasteiger partial charge in [0.1, 0.15) is 0 Å². The lowest BCUT2D eigenvalue weighted by Crippen LogP contribution is -2.47. The Morgan fingerprint density at radius 1 is 1.10 bits per heavy atom. The first-order valence-corrected chi connectivity index (χ1v) is 7.99. The summed E-state index contributed by atoms with van der Waals surface area (Å²) in [7, 11) is 0. The van der Waals surface area contributed by atoms with Crippen molar-refractivity contribution >= 4 is 0 Å². The molecule has 0 fully saturated rings. The third-order valence-electron chi connectivity index (χ3n) is 3.59. The largest absolute Gasteiger partial charge is 0.311 e. The lowest BCUT2D eigenvalue weighted by molar-refractivity contribution is 0.169. The number of hydrogen-bond donors (Lipinski definition) is 1. The summed E-state index contributed by atoms with van der Waals surface area (Å²) < 4.78 is 0. The van der Waals surface area contributed by atoms with Gasteiger partial charge in [-0.15, -0.1) is 0 Å². The van der Waals surface area contributed by atoms with Crippen molar-refractivity contribution in [3.8, 4) is 0 Å². The smallest absolute Gasteiger partial charge is 0.0237 e. The molecule has 2 heteroatoms. The fourth-order valence-corrected chi connectivity index (χ4v) is 2.45. The zero-order valence-corrected chi connectivity index (χ0v) is 13.9. The molecule has 1 N–H and O–H groups in total. The van der Waals surface area contributed by atoms with E-state index in [1.807, 2.05) is 0 Å². The molecule has 0 radical (unpaired) electrons. The first-order valence-electron chi connectivity index (χ1n) is 7.99. The molecule has 0 spiro atoms. The highest BCUT2D eigenvalue weighted by Crippen LogP contribution is 2.12. The van der Waals surface area contributed by atoms with Crippen LogP contribution in [0.5, 0.6) is 0 Å². The van der Waals surface area contributed by atoms with Gasteiger partial charge >= 0.3 is 0 Å².